The van der Waals surface area contributed by atoms with Crippen LogP contribution in [0.5, 0.6) is 5.75 Å². The predicted molar refractivity (Wildman–Crippen MR) is 76.2 cm³/mol. The first kappa shape index (κ1) is 16.2. The van der Waals surface area contributed by atoms with Crippen LogP contribution in [0.4, 0.5) is 0 Å². The van der Waals surface area contributed by atoms with Crippen molar-refractivity contribution in [3.63, 3.8) is 0 Å². The van der Waals surface area contributed by atoms with E-state index in [2.05, 4.69) is 0 Å². The fraction of sp³-hybridized carbons (Fsp3) is 0.467. The summed E-state index contributed by atoms with van der Waals surface area (Å²) in [5.41, 5.74) is 1.53. The summed E-state index contributed by atoms with van der Waals surface area (Å²) in [4.78, 5) is 24.1. The maximum atomic E-state index is 11.4. The lowest BCUT2D eigenvalue weighted by Gasteiger charge is -2.21. The van der Waals surface area contributed by atoms with Crippen molar-refractivity contribution in [2.45, 2.75) is 26.8 Å². The van der Waals surface area contributed by atoms with E-state index >= 15 is 0 Å². The second-order valence-corrected chi connectivity index (χ2v) is 4.60. The Hall–Kier alpha value is -1.88. The third kappa shape index (κ3) is 4.66. The number of hydrogen-bond acceptors (Lipinski definition) is 4. The van der Waals surface area contributed by atoms with E-state index in [-0.39, 0.29) is 12.2 Å². The van der Waals surface area contributed by atoms with Crippen molar-refractivity contribution in [3.8, 4) is 5.75 Å². The van der Waals surface area contributed by atoms with Crippen molar-refractivity contribution < 1.29 is 19.4 Å². The van der Waals surface area contributed by atoms with Crippen LogP contribution in [-0.2, 0) is 11.3 Å². The monoisotopic (exact) mass is 279 g/mol. The van der Waals surface area contributed by atoms with Gasteiger partial charge in [0.2, 0.25) is 0 Å². The molecule has 0 heterocycles. The van der Waals surface area contributed by atoms with E-state index in [4.69, 9.17) is 9.84 Å². The molecule has 0 saturated heterocycles. The van der Waals surface area contributed by atoms with Crippen LogP contribution >= 0.6 is 0 Å². The number of aliphatic carboxylic acids is 1. The van der Waals surface area contributed by atoms with Crippen LogP contribution in [0, 0.1) is 0 Å². The average molecular weight is 279 g/mol. The number of carbonyl (C=O) groups is 2. The second kappa shape index (κ2) is 7.65. The molecule has 0 aromatic heterocycles. The van der Waals surface area contributed by atoms with Crippen molar-refractivity contribution in [1.82, 2.24) is 4.90 Å². The second-order valence-electron chi connectivity index (χ2n) is 4.60. The molecule has 1 aromatic rings. The van der Waals surface area contributed by atoms with Gasteiger partial charge in [-0.25, -0.2) is 0 Å². The molecule has 1 N–H and O–H groups in total. The first-order valence-electron chi connectivity index (χ1n) is 6.60. The van der Waals surface area contributed by atoms with Crippen molar-refractivity contribution in [2.75, 3.05) is 20.2 Å². The number of carboxylic acids is 1. The smallest absolute Gasteiger partial charge is 0.304 e. The zero-order chi connectivity index (χ0) is 15.1. The van der Waals surface area contributed by atoms with Gasteiger partial charge >= 0.3 is 5.97 Å². The first-order valence-corrected chi connectivity index (χ1v) is 6.60. The van der Waals surface area contributed by atoms with E-state index in [0.29, 0.717) is 24.4 Å². The maximum absolute atomic E-state index is 11.4. The number of carboxylic acid groups (broad SMARTS) is 1. The summed E-state index contributed by atoms with van der Waals surface area (Å²) >= 11 is 0. The molecule has 0 aliphatic heterocycles. The number of rotatable bonds is 8. The predicted octanol–water partition coefficient (Wildman–Crippen LogP) is 2.19. The van der Waals surface area contributed by atoms with E-state index < -0.39 is 5.97 Å². The third-order valence-corrected chi connectivity index (χ3v) is 3.17. The van der Waals surface area contributed by atoms with Crippen LogP contribution in [0.3, 0.4) is 0 Å². The molecule has 0 aliphatic carbocycles. The van der Waals surface area contributed by atoms with Gasteiger partial charge in [-0.15, -0.1) is 0 Å². The highest BCUT2D eigenvalue weighted by atomic mass is 16.5. The molecule has 0 saturated carbocycles. The molecular formula is C15H21NO4. The summed E-state index contributed by atoms with van der Waals surface area (Å²) < 4.78 is 5.30. The first-order chi connectivity index (χ1) is 9.47. The number of Topliss-reactive ketones (excluding diaryl/α,β-unsaturated/α-hetero) is 1. The molecule has 0 radical (unpaired) electrons. The lowest BCUT2D eigenvalue weighted by atomic mass is 10.1. The number of ketones is 1. The lowest BCUT2D eigenvalue weighted by molar-refractivity contribution is -0.137. The fourth-order valence-corrected chi connectivity index (χ4v) is 1.96. The number of methoxy groups -OCH3 is 1. The van der Waals surface area contributed by atoms with Crippen LogP contribution in [-0.4, -0.2) is 42.0 Å². The molecule has 5 nitrogen and oxygen atoms in total. The van der Waals surface area contributed by atoms with Gasteiger partial charge in [0.05, 0.1) is 13.5 Å². The molecule has 110 valence electrons. The molecule has 0 bridgehead atoms. The molecule has 1 rings (SSSR count). The molecule has 0 fully saturated rings. The van der Waals surface area contributed by atoms with Crippen LogP contribution < -0.4 is 4.74 Å². The van der Waals surface area contributed by atoms with Gasteiger partial charge in [-0.2, -0.15) is 0 Å². The average Bonchev–Trinajstić information content (AvgIpc) is 2.42. The molecule has 5 heteroatoms. The quantitative estimate of drug-likeness (QED) is 0.739. The lowest BCUT2D eigenvalue weighted by Crippen LogP contribution is -2.26. The van der Waals surface area contributed by atoms with E-state index in [1.165, 1.54) is 6.92 Å². The van der Waals surface area contributed by atoms with Crippen LogP contribution in [0.2, 0.25) is 0 Å². The summed E-state index contributed by atoms with van der Waals surface area (Å²) in [6.45, 7) is 5.27. The third-order valence-electron chi connectivity index (χ3n) is 3.17. The van der Waals surface area contributed by atoms with Crippen molar-refractivity contribution in [2.24, 2.45) is 0 Å². The summed E-state index contributed by atoms with van der Waals surface area (Å²) in [5.74, 6) is -0.0980. The van der Waals surface area contributed by atoms with Gasteiger partial charge in [0.1, 0.15) is 5.75 Å². The normalized spacial score (nSPS) is 10.6. The minimum atomic E-state index is -0.812. The highest BCUT2D eigenvalue weighted by Gasteiger charge is 2.12. The minimum Gasteiger partial charge on any atom is -0.496 e. The summed E-state index contributed by atoms with van der Waals surface area (Å²) in [5, 5.41) is 8.75. The van der Waals surface area contributed by atoms with Crippen molar-refractivity contribution in [1.29, 1.82) is 0 Å². The van der Waals surface area contributed by atoms with E-state index in [1.54, 1.807) is 19.2 Å². The highest BCUT2D eigenvalue weighted by molar-refractivity contribution is 5.94. The Balaban J connectivity index is 2.89. The number of hydrogen-bond donors (Lipinski definition) is 1. The summed E-state index contributed by atoms with van der Waals surface area (Å²) in [6.07, 6.45) is 0.0998. The topological polar surface area (TPSA) is 66.8 Å². The van der Waals surface area contributed by atoms with Gasteiger partial charge in [-0.3, -0.25) is 14.5 Å². The van der Waals surface area contributed by atoms with Crippen LogP contribution in [0.1, 0.15) is 36.2 Å². The van der Waals surface area contributed by atoms with Gasteiger partial charge in [-0.05, 0) is 31.7 Å². The molecule has 1 aromatic carbocycles. The van der Waals surface area contributed by atoms with E-state index in [0.717, 1.165) is 12.1 Å². The highest BCUT2D eigenvalue weighted by Crippen LogP contribution is 2.22. The SMILES string of the molecule is CCN(CCC(=O)O)Cc1cc(C(C)=O)ccc1OC. The van der Waals surface area contributed by atoms with E-state index in [9.17, 15) is 9.59 Å². The Morgan fingerprint density at radius 2 is 2.05 bits per heavy atom. The molecule has 0 spiro atoms. The fourth-order valence-electron chi connectivity index (χ4n) is 1.96. The van der Waals surface area contributed by atoms with Crippen LogP contribution in [0.25, 0.3) is 0 Å². The number of nitrogens with zero attached hydrogens (tertiary/aromatic N) is 1. The number of benzene rings is 1. The zero-order valence-electron chi connectivity index (χ0n) is 12.2. The molecular weight excluding hydrogens is 258 g/mol. The Kier molecular flexibility index (Phi) is 6.18. The standard InChI is InChI=1S/C15H21NO4/c1-4-16(8-7-15(18)19)10-13-9-12(11(2)17)5-6-14(13)20-3/h5-6,9H,4,7-8,10H2,1-3H3,(H,18,19). The zero-order valence-corrected chi connectivity index (χ0v) is 12.2. The van der Waals surface area contributed by atoms with Gasteiger partial charge in [0.15, 0.2) is 5.78 Å². The Bertz CT molecular complexity index is 485. The minimum absolute atomic E-state index is 0.00230. The Morgan fingerprint density at radius 3 is 2.55 bits per heavy atom. The van der Waals surface area contributed by atoms with Gasteiger partial charge in [0.25, 0.3) is 0 Å². The summed E-state index contributed by atoms with van der Waals surface area (Å²) in [7, 11) is 1.58. The largest absolute Gasteiger partial charge is 0.496 e. The number of ether oxygens (including phenoxy) is 1. The number of carbonyl (C=O) groups excluding carboxylic acids is 1. The summed E-state index contributed by atoms with van der Waals surface area (Å²) in [6, 6.07) is 5.32. The molecule has 20 heavy (non-hydrogen) atoms. The van der Waals surface area contributed by atoms with Crippen molar-refractivity contribution in [3.05, 3.63) is 29.3 Å². The van der Waals surface area contributed by atoms with Crippen molar-refractivity contribution >= 4 is 11.8 Å². The maximum Gasteiger partial charge on any atom is 0.304 e. The van der Waals surface area contributed by atoms with Gasteiger partial charge < -0.3 is 9.84 Å². The van der Waals surface area contributed by atoms with Gasteiger partial charge in [-0.1, -0.05) is 6.92 Å². The molecule has 0 amide bonds. The molecule has 0 aliphatic rings. The van der Waals surface area contributed by atoms with E-state index in [1.807, 2.05) is 17.9 Å². The van der Waals surface area contributed by atoms with Crippen LogP contribution in [0.15, 0.2) is 18.2 Å². The molecule has 0 atom stereocenters. The van der Waals surface area contributed by atoms with Gasteiger partial charge in [0, 0.05) is 24.2 Å². The Labute approximate surface area is 119 Å². The Morgan fingerprint density at radius 1 is 1.35 bits per heavy atom. The molecule has 0 unspecified atom stereocenters.